The van der Waals surface area contributed by atoms with Crippen LogP contribution in [0.5, 0.6) is 0 Å². The van der Waals surface area contributed by atoms with Gasteiger partial charge >= 0.3 is 0 Å². The third kappa shape index (κ3) is 2.81. The second-order valence-corrected chi connectivity index (χ2v) is 6.01. The van der Waals surface area contributed by atoms with E-state index in [9.17, 15) is 9.90 Å². The minimum absolute atomic E-state index is 0.245. The number of amides is 1. The van der Waals surface area contributed by atoms with Gasteiger partial charge in [-0.2, -0.15) is 10.1 Å². The van der Waals surface area contributed by atoms with Gasteiger partial charge in [-0.05, 0) is 43.3 Å². The number of nitrogens with two attached hydrogens (primary N) is 1. The molecule has 3 N–H and O–H groups in total. The van der Waals surface area contributed by atoms with Crippen molar-refractivity contribution in [1.29, 1.82) is 0 Å². The van der Waals surface area contributed by atoms with Crippen molar-refractivity contribution in [3.63, 3.8) is 0 Å². The zero-order valence-corrected chi connectivity index (χ0v) is 13.3. The molecule has 1 atom stereocenters. The predicted octanol–water partition coefficient (Wildman–Crippen LogP) is 2.99. The molecule has 0 aromatic heterocycles. The van der Waals surface area contributed by atoms with Crippen LogP contribution in [0.4, 0.5) is 5.69 Å². The molecule has 1 amide bonds. The van der Waals surface area contributed by atoms with E-state index in [2.05, 4.69) is 5.10 Å². The van der Waals surface area contributed by atoms with E-state index in [1.165, 1.54) is 0 Å². The molecule has 0 radical (unpaired) electrons. The van der Waals surface area contributed by atoms with Gasteiger partial charge in [0.2, 0.25) is 0 Å². The lowest BCUT2D eigenvalue weighted by Gasteiger charge is -2.31. The maximum atomic E-state index is 12.8. The molecule has 0 fully saturated rings. The number of rotatable bonds is 2. The van der Waals surface area contributed by atoms with Crippen molar-refractivity contribution >= 4 is 28.9 Å². The first-order chi connectivity index (χ1) is 10.9. The van der Waals surface area contributed by atoms with E-state index in [1.807, 2.05) is 0 Å². The number of carbonyl (C=O) groups excluding carboxylic acids is 1. The zero-order chi connectivity index (χ0) is 16.6. The summed E-state index contributed by atoms with van der Waals surface area (Å²) in [6.45, 7) is 1.77. The Bertz CT molecular complexity index is 771. The number of benzene rings is 2. The maximum absolute atomic E-state index is 12.8. The largest absolute Gasteiger partial charge is 0.399 e. The van der Waals surface area contributed by atoms with Crippen LogP contribution in [-0.4, -0.2) is 21.7 Å². The fraction of sp³-hybridized carbons (Fsp3) is 0.176. The van der Waals surface area contributed by atoms with E-state index in [4.69, 9.17) is 17.3 Å². The Balaban J connectivity index is 1.99. The second-order valence-electron chi connectivity index (χ2n) is 5.57. The molecule has 1 aliphatic heterocycles. The van der Waals surface area contributed by atoms with E-state index in [1.54, 1.807) is 55.5 Å². The summed E-state index contributed by atoms with van der Waals surface area (Å²) < 4.78 is 0. The number of halogens is 1. The third-order valence-electron chi connectivity index (χ3n) is 3.78. The van der Waals surface area contributed by atoms with Crippen LogP contribution < -0.4 is 5.73 Å². The minimum Gasteiger partial charge on any atom is -0.399 e. The quantitative estimate of drug-likeness (QED) is 0.831. The Morgan fingerprint density at radius 3 is 2.43 bits per heavy atom. The molecule has 23 heavy (non-hydrogen) atoms. The molecule has 0 saturated heterocycles. The van der Waals surface area contributed by atoms with Crippen molar-refractivity contribution in [3.05, 3.63) is 64.7 Å². The molecule has 0 unspecified atom stereocenters. The molecular weight excluding hydrogens is 314 g/mol. The first-order valence-electron chi connectivity index (χ1n) is 7.13. The van der Waals surface area contributed by atoms with Crippen LogP contribution in [0.2, 0.25) is 5.02 Å². The average Bonchev–Trinajstić information content (AvgIpc) is 2.84. The van der Waals surface area contributed by atoms with Crippen molar-refractivity contribution in [3.8, 4) is 0 Å². The van der Waals surface area contributed by atoms with Gasteiger partial charge in [-0.25, -0.2) is 0 Å². The molecule has 0 spiro atoms. The predicted molar refractivity (Wildman–Crippen MR) is 90.1 cm³/mol. The maximum Gasteiger partial charge on any atom is 0.276 e. The Labute approximate surface area is 139 Å². The topological polar surface area (TPSA) is 78.9 Å². The van der Waals surface area contributed by atoms with Crippen LogP contribution in [0.25, 0.3) is 0 Å². The second kappa shape index (κ2) is 5.68. The van der Waals surface area contributed by atoms with E-state index >= 15 is 0 Å². The Morgan fingerprint density at radius 2 is 1.83 bits per heavy atom. The lowest BCUT2D eigenvalue weighted by atomic mass is 9.97. The lowest BCUT2D eigenvalue weighted by molar-refractivity contribution is -0.0765. The first kappa shape index (κ1) is 15.5. The lowest BCUT2D eigenvalue weighted by Crippen LogP contribution is -2.43. The summed E-state index contributed by atoms with van der Waals surface area (Å²) in [6, 6.07) is 13.2. The molecule has 0 saturated carbocycles. The highest BCUT2D eigenvalue weighted by Crippen LogP contribution is 2.36. The van der Waals surface area contributed by atoms with Gasteiger partial charge in [0.05, 0.1) is 0 Å². The van der Waals surface area contributed by atoms with Crippen LogP contribution in [0.3, 0.4) is 0 Å². The third-order valence-corrected chi connectivity index (χ3v) is 4.03. The van der Waals surface area contributed by atoms with Gasteiger partial charge in [0.15, 0.2) is 5.72 Å². The van der Waals surface area contributed by atoms with Crippen molar-refractivity contribution in [2.75, 3.05) is 5.73 Å². The molecule has 6 heteroatoms. The number of nitrogen functional groups attached to an aromatic ring is 1. The monoisotopic (exact) mass is 329 g/mol. The van der Waals surface area contributed by atoms with Crippen LogP contribution in [0.1, 0.15) is 29.3 Å². The summed E-state index contributed by atoms with van der Waals surface area (Å²) in [5.74, 6) is -0.390. The summed E-state index contributed by atoms with van der Waals surface area (Å²) in [7, 11) is 0. The van der Waals surface area contributed by atoms with Gasteiger partial charge in [-0.15, -0.1) is 0 Å². The number of carbonyl (C=O) groups is 1. The number of nitrogens with zero attached hydrogens (tertiary/aromatic N) is 2. The summed E-state index contributed by atoms with van der Waals surface area (Å²) in [4.78, 5) is 12.8. The number of hydrogen-bond acceptors (Lipinski definition) is 4. The van der Waals surface area contributed by atoms with Crippen molar-refractivity contribution in [1.82, 2.24) is 5.01 Å². The molecule has 0 aliphatic carbocycles. The van der Waals surface area contributed by atoms with Crippen LogP contribution >= 0.6 is 11.6 Å². The number of anilines is 1. The molecule has 3 rings (SSSR count). The van der Waals surface area contributed by atoms with Gasteiger partial charge in [0, 0.05) is 34.0 Å². The molecule has 118 valence electrons. The molecule has 2 aromatic rings. The fourth-order valence-electron chi connectivity index (χ4n) is 2.62. The van der Waals surface area contributed by atoms with Crippen molar-refractivity contribution in [2.45, 2.75) is 19.1 Å². The number of hydrogen-bond donors (Lipinski definition) is 2. The van der Waals surface area contributed by atoms with Crippen LogP contribution in [0, 0.1) is 0 Å². The summed E-state index contributed by atoms with van der Waals surface area (Å²) >= 11 is 5.90. The highest BCUT2D eigenvalue weighted by Gasteiger charge is 2.45. The SMILES string of the molecule is CC1=NN(C(=O)c2ccc(N)cc2)[C@@](O)(c2ccc(Cl)cc2)C1. The van der Waals surface area contributed by atoms with Gasteiger partial charge < -0.3 is 10.8 Å². The number of aliphatic hydroxyl groups is 1. The standard InChI is InChI=1S/C17H16ClN3O2/c1-11-10-17(23,13-4-6-14(18)7-5-13)21(20-11)16(22)12-2-8-15(19)9-3-12/h2-9,23H,10,19H2,1H3/t17-/m0/s1. The van der Waals surface area contributed by atoms with Crippen LogP contribution in [-0.2, 0) is 5.72 Å². The van der Waals surface area contributed by atoms with Gasteiger partial charge in [-0.3, -0.25) is 4.79 Å². The fourth-order valence-corrected chi connectivity index (χ4v) is 2.75. The van der Waals surface area contributed by atoms with Gasteiger partial charge in [0.1, 0.15) is 0 Å². The van der Waals surface area contributed by atoms with E-state index in [0.717, 1.165) is 5.01 Å². The van der Waals surface area contributed by atoms with E-state index < -0.39 is 5.72 Å². The molecule has 5 nitrogen and oxygen atoms in total. The molecule has 1 heterocycles. The van der Waals surface area contributed by atoms with E-state index in [0.29, 0.717) is 27.5 Å². The summed E-state index contributed by atoms with van der Waals surface area (Å²) in [5, 5.41) is 17.0. The molecule has 0 bridgehead atoms. The number of hydrazone groups is 1. The first-order valence-corrected chi connectivity index (χ1v) is 7.50. The van der Waals surface area contributed by atoms with Crippen molar-refractivity contribution in [2.24, 2.45) is 5.10 Å². The highest BCUT2D eigenvalue weighted by atomic mass is 35.5. The molecular formula is C17H16ClN3O2. The average molecular weight is 330 g/mol. The van der Waals surface area contributed by atoms with Gasteiger partial charge in [-0.1, -0.05) is 23.7 Å². The van der Waals surface area contributed by atoms with E-state index in [-0.39, 0.29) is 12.3 Å². The Morgan fingerprint density at radius 1 is 1.22 bits per heavy atom. The highest BCUT2D eigenvalue weighted by molar-refractivity contribution is 6.30. The smallest absolute Gasteiger partial charge is 0.276 e. The van der Waals surface area contributed by atoms with Gasteiger partial charge in [0.25, 0.3) is 5.91 Å². The summed E-state index contributed by atoms with van der Waals surface area (Å²) in [6.07, 6.45) is 0.245. The Kier molecular flexibility index (Phi) is 3.83. The van der Waals surface area contributed by atoms with Crippen molar-refractivity contribution < 1.29 is 9.90 Å². The zero-order valence-electron chi connectivity index (χ0n) is 12.5. The van der Waals surface area contributed by atoms with Crippen LogP contribution in [0.15, 0.2) is 53.6 Å². The molecule has 1 aliphatic rings. The normalized spacial score (nSPS) is 20.5. The minimum atomic E-state index is -1.52. The summed E-state index contributed by atoms with van der Waals surface area (Å²) in [5.41, 5.74) is 6.33. The Hall–Kier alpha value is -2.37. The molecule has 2 aromatic carbocycles.